The van der Waals surface area contributed by atoms with Gasteiger partial charge in [0.15, 0.2) is 0 Å². The quantitative estimate of drug-likeness (QED) is 0.673. The van der Waals surface area contributed by atoms with Crippen LogP contribution in [0, 0.1) is 6.92 Å². The number of hydrogen-bond acceptors (Lipinski definition) is 1. The largest absolute Gasteiger partial charge is 0.377 e. The molecule has 0 spiro atoms. The lowest BCUT2D eigenvalue weighted by Crippen LogP contribution is -2.10. The monoisotopic (exact) mass is 327 g/mol. The first kappa shape index (κ1) is 15.5. The van der Waals surface area contributed by atoms with Gasteiger partial charge in [0, 0.05) is 10.0 Å². The predicted octanol–water partition coefficient (Wildman–Crippen LogP) is 6.52. The molecule has 20 heavy (non-hydrogen) atoms. The van der Waals surface area contributed by atoms with Gasteiger partial charge in [-0.3, -0.25) is 0 Å². The van der Waals surface area contributed by atoms with Gasteiger partial charge in [0.1, 0.15) is 0 Å². The molecule has 106 valence electrons. The average Bonchev–Trinajstić information content (AvgIpc) is 2.41. The van der Waals surface area contributed by atoms with E-state index in [1.807, 2.05) is 37.3 Å². The Balaban J connectivity index is 2.29. The number of rotatable bonds is 4. The topological polar surface area (TPSA) is 12.0 Å². The maximum Gasteiger partial charge on any atom is 0.0641 e. The fourth-order valence-corrected chi connectivity index (χ4v) is 2.72. The summed E-state index contributed by atoms with van der Waals surface area (Å²) in [6.07, 6.45) is 0.919. The van der Waals surface area contributed by atoms with E-state index in [4.69, 9.17) is 34.8 Å². The molecule has 2 aromatic carbocycles. The van der Waals surface area contributed by atoms with E-state index < -0.39 is 0 Å². The standard InChI is InChI=1S/C16H16Cl3N/c1-3-15(11-5-4-6-12(17)8-11)20-16-9-13(18)10(2)7-14(16)19/h4-9,15,20H,3H2,1-2H3. The summed E-state index contributed by atoms with van der Waals surface area (Å²) in [5.74, 6) is 0. The summed E-state index contributed by atoms with van der Waals surface area (Å²) in [5.41, 5.74) is 2.94. The highest BCUT2D eigenvalue weighted by atomic mass is 35.5. The van der Waals surface area contributed by atoms with Crippen LogP contribution in [0.4, 0.5) is 5.69 Å². The number of benzene rings is 2. The van der Waals surface area contributed by atoms with Crippen molar-refractivity contribution in [3.63, 3.8) is 0 Å². The first-order chi connectivity index (χ1) is 9.51. The van der Waals surface area contributed by atoms with Crippen LogP contribution in [0.25, 0.3) is 0 Å². The highest BCUT2D eigenvalue weighted by Crippen LogP contribution is 2.32. The summed E-state index contributed by atoms with van der Waals surface area (Å²) in [5, 5.41) is 5.55. The van der Waals surface area contributed by atoms with Crippen LogP contribution in [0.15, 0.2) is 36.4 Å². The van der Waals surface area contributed by atoms with E-state index in [9.17, 15) is 0 Å². The molecular weight excluding hydrogens is 313 g/mol. The van der Waals surface area contributed by atoms with Gasteiger partial charge in [0.25, 0.3) is 0 Å². The molecular formula is C16H16Cl3N. The zero-order valence-corrected chi connectivity index (χ0v) is 13.7. The van der Waals surface area contributed by atoms with Gasteiger partial charge in [0.2, 0.25) is 0 Å². The van der Waals surface area contributed by atoms with Crippen LogP contribution >= 0.6 is 34.8 Å². The second-order valence-corrected chi connectivity index (χ2v) is 5.99. The number of halogens is 3. The van der Waals surface area contributed by atoms with E-state index in [2.05, 4.69) is 18.3 Å². The molecule has 0 fully saturated rings. The van der Waals surface area contributed by atoms with Gasteiger partial charge in [0.05, 0.1) is 16.8 Å². The van der Waals surface area contributed by atoms with Gasteiger partial charge in [-0.15, -0.1) is 0 Å². The number of nitrogens with one attached hydrogen (secondary N) is 1. The Hall–Kier alpha value is -0.890. The maximum absolute atomic E-state index is 6.27. The molecule has 0 saturated heterocycles. The normalized spacial score (nSPS) is 12.2. The first-order valence-corrected chi connectivity index (χ1v) is 7.62. The number of aryl methyl sites for hydroxylation is 1. The van der Waals surface area contributed by atoms with Crippen LogP contribution in [-0.4, -0.2) is 0 Å². The molecule has 0 bridgehead atoms. The van der Waals surface area contributed by atoms with Crippen molar-refractivity contribution in [2.75, 3.05) is 5.32 Å². The Bertz CT molecular complexity index is 611. The Labute approximate surface area is 134 Å². The minimum Gasteiger partial charge on any atom is -0.377 e. The van der Waals surface area contributed by atoms with E-state index >= 15 is 0 Å². The van der Waals surface area contributed by atoms with Gasteiger partial charge >= 0.3 is 0 Å². The van der Waals surface area contributed by atoms with Gasteiger partial charge in [-0.25, -0.2) is 0 Å². The predicted molar refractivity (Wildman–Crippen MR) is 89.3 cm³/mol. The van der Waals surface area contributed by atoms with Gasteiger partial charge in [-0.2, -0.15) is 0 Å². The smallest absolute Gasteiger partial charge is 0.0641 e. The summed E-state index contributed by atoms with van der Waals surface area (Å²) in [7, 11) is 0. The van der Waals surface area contributed by atoms with Gasteiger partial charge in [-0.1, -0.05) is 53.9 Å². The van der Waals surface area contributed by atoms with Gasteiger partial charge in [-0.05, 0) is 48.7 Å². The molecule has 0 aliphatic rings. The summed E-state index contributed by atoms with van der Waals surface area (Å²) < 4.78 is 0. The van der Waals surface area contributed by atoms with E-state index in [0.29, 0.717) is 10.0 Å². The van der Waals surface area contributed by atoms with Crippen molar-refractivity contribution in [1.82, 2.24) is 0 Å². The first-order valence-electron chi connectivity index (χ1n) is 6.49. The minimum atomic E-state index is 0.143. The van der Waals surface area contributed by atoms with E-state index in [1.165, 1.54) is 0 Å². The SMILES string of the molecule is CCC(Nc1cc(Cl)c(C)cc1Cl)c1cccc(Cl)c1. The van der Waals surface area contributed by atoms with Crippen LogP contribution in [0.5, 0.6) is 0 Å². The lowest BCUT2D eigenvalue weighted by atomic mass is 10.0. The summed E-state index contributed by atoms with van der Waals surface area (Å²) in [4.78, 5) is 0. The van der Waals surface area contributed by atoms with Crippen LogP contribution in [0.3, 0.4) is 0 Å². The highest BCUT2D eigenvalue weighted by molar-refractivity contribution is 6.35. The second kappa shape index (κ2) is 6.71. The minimum absolute atomic E-state index is 0.143. The third kappa shape index (κ3) is 3.60. The molecule has 0 amide bonds. The molecule has 1 nitrogen and oxygen atoms in total. The van der Waals surface area contributed by atoms with Crippen molar-refractivity contribution in [1.29, 1.82) is 0 Å². The Morgan fingerprint density at radius 2 is 1.80 bits per heavy atom. The van der Waals surface area contributed by atoms with E-state index in [-0.39, 0.29) is 6.04 Å². The van der Waals surface area contributed by atoms with Crippen LogP contribution in [0.2, 0.25) is 15.1 Å². The Morgan fingerprint density at radius 3 is 2.45 bits per heavy atom. The van der Waals surface area contributed by atoms with Crippen LogP contribution in [-0.2, 0) is 0 Å². The molecule has 2 rings (SSSR count). The van der Waals surface area contributed by atoms with Crippen molar-refractivity contribution in [2.45, 2.75) is 26.3 Å². The zero-order chi connectivity index (χ0) is 14.7. The molecule has 1 unspecified atom stereocenters. The Morgan fingerprint density at radius 1 is 1.05 bits per heavy atom. The lowest BCUT2D eigenvalue weighted by molar-refractivity contribution is 0.749. The van der Waals surface area contributed by atoms with Crippen molar-refractivity contribution >= 4 is 40.5 Å². The zero-order valence-electron chi connectivity index (χ0n) is 11.4. The molecule has 0 aromatic heterocycles. The van der Waals surface area contributed by atoms with Crippen molar-refractivity contribution in [3.05, 3.63) is 62.6 Å². The maximum atomic E-state index is 6.27. The third-order valence-electron chi connectivity index (χ3n) is 3.24. The number of anilines is 1. The van der Waals surface area contributed by atoms with Crippen LogP contribution < -0.4 is 5.32 Å². The number of hydrogen-bond donors (Lipinski definition) is 1. The summed E-state index contributed by atoms with van der Waals surface area (Å²) in [6, 6.07) is 11.7. The van der Waals surface area contributed by atoms with Crippen LogP contribution in [0.1, 0.15) is 30.5 Å². The molecule has 4 heteroatoms. The fraction of sp³-hybridized carbons (Fsp3) is 0.250. The molecule has 0 aliphatic carbocycles. The third-order valence-corrected chi connectivity index (χ3v) is 4.19. The molecule has 0 aliphatic heterocycles. The second-order valence-electron chi connectivity index (χ2n) is 4.74. The highest BCUT2D eigenvalue weighted by Gasteiger charge is 2.12. The Kier molecular flexibility index (Phi) is 5.20. The summed E-state index contributed by atoms with van der Waals surface area (Å²) in [6.45, 7) is 4.05. The van der Waals surface area contributed by atoms with Gasteiger partial charge < -0.3 is 5.32 Å². The molecule has 2 aromatic rings. The molecule has 1 atom stereocenters. The van der Waals surface area contributed by atoms with E-state index in [0.717, 1.165) is 28.3 Å². The molecule has 0 saturated carbocycles. The van der Waals surface area contributed by atoms with Crippen molar-refractivity contribution in [2.24, 2.45) is 0 Å². The van der Waals surface area contributed by atoms with E-state index in [1.54, 1.807) is 0 Å². The molecule has 0 heterocycles. The fourth-order valence-electron chi connectivity index (χ4n) is 2.09. The molecule has 1 N–H and O–H groups in total. The average molecular weight is 329 g/mol. The lowest BCUT2D eigenvalue weighted by Gasteiger charge is -2.20. The van der Waals surface area contributed by atoms with Crippen molar-refractivity contribution in [3.8, 4) is 0 Å². The molecule has 0 radical (unpaired) electrons. The summed E-state index contributed by atoms with van der Waals surface area (Å²) >= 11 is 18.5. The van der Waals surface area contributed by atoms with Crippen molar-refractivity contribution < 1.29 is 0 Å².